The zero-order valence-electron chi connectivity index (χ0n) is 8.95. The average Bonchev–Trinajstić information content (AvgIpc) is 2.31. The quantitative estimate of drug-likeness (QED) is 0.884. The second kappa shape index (κ2) is 5.09. The monoisotopic (exact) mass is 297 g/mol. The van der Waals surface area contributed by atoms with Gasteiger partial charge in [-0.15, -0.1) is 0 Å². The molecule has 0 radical (unpaired) electrons. The molecular weight excluding hydrogens is 289 g/mol. The Balaban J connectivity index is 2.29. The van der Waals surface area contributed by atoms with Gasteiger partial charge in [-0.3, -0.25) is 0 Å². The van der Waals surface area contributed by atoms with Gasteiger partial charge in [0.2, 0.25) is 0 Å². The van der Waals surface area contributed by atoms with E-state index < -0.39 is 0 Å². The molecule has 0 fully saturated rings. The third kappa shape index (κ3) is 2.91. The average molecular weight is 298 g/mol. The number of methoxy groups -OCH3 is 1. The molecule has 0 bridgehead atoms. The Hall–Kier alpha value is -1.69. The van der Waals surface area contributed by atoms with E-state index >= 15 is 0 Å². The van der Waals surface area contributed by atoms with E-state index in [0.29, 0.717) is 21.9 Å². The number of nitrogens with zero attached hydrogens (tertiary/aromatic N) is 2. The summed E-state index contributed by atoms with van der Waals surface area (Å²) < 4.78 is 18.7. The number of aromatic nitrogens is 2. The fourth-order valence-electron chi connectivity index (χ4n) is 1.31. The molecule has 6 heteroatoms. The minimum absolute atomic E-state index is 0.351. The predicted molar refractivity (Wildman–Crippen MR) is 66.0 cm³/mol. The van der Waals surface area contributed by atoms with Crippen molar-refractivity contribution in [3.05, 3.63) is 41.0 Å². The molecule has 0 aliphatic heterocycles. The molecule has 0 saturated heterocycles. The minimum atomic E-state index is -0.351. The number of benzene rings is 1. The fraction of sp³-hybridized carbons (Fsp3) is 0.0909. The van der Waals surface area contributed by atoms with Crippen LogP contribution in [0.2, 0.25) is 0 Å². The topological polar surface area (TPSA) is 47.0 Å². The summed E-state index contributed by atoms with van der Waals surface area (Å²) >= 11 is 3.24. The SMILES string of the molecule is COc1cc(F)ccc1Nc1cc(Br)ncn1. The number of ether oxygens (including phenoxy) is 1. The van der Waals surface area contributed by atoms with Crippen LogP contribution in [-0.4, -0.2) is 17.1 Å². The molecular formula is C11H9BrFN3O. The zero-order chi connectivity index (χ0) is 12.3. The van der Waals surface area contributed by atoms with Gasteiger partial charge in [-0.2, -0.15) is 0 Å². The Morgan fingerprint density at radius 1 is 1.29 bits per heavy atom. The Labute approximate surface area is 106 Å². The summed E-state index contributed by atoms with van der Waals surface area (Å²) in [6.07, 6.45) is 1.42. The van der Waals surface area contributed by atoms with Crippen molar-refractivity contribution in [2.24, 2.45) is 0 Å². The van der Waals surface area contributed by atoms with Gasteiger partial charge in [0, 0.05) is 12.1 Å². The summed E-state index contributed by atoms with van der Waals surface area (Å²) in [5.41, 5.74) is 0.638. The lowest BCUT2D eigenvalue weighted by Crippen LogP contribution is -1.97. The maximum Gasteiger partial charge on any atom is 0.145 e. The van der Waals surface area contributed by atoms with Gasteiger partial charge in [-0.05, 0) is 28.1 Å². The summed E-state index contributed by atoms with van der Waals surface area (Å²) in [7, 11) is 1.48. The van der Waals surface area contributed by atoms with Crippen molar-refractivity contribution in [1.82, 2.24) is 9.97 Å². The third-order valence-electron chi connectivity index (χ3n) is 2.06. The molecule has 1 heterocycles. The molecule has 2 aromatic rings. The van der Waals surface area contributed by atoms with Gasteiger partial charge in [-0.25, -0.2) is 14.4 Å². The standard InChI is InChI=1S/C11H9BrFN3O/c1-17-9-4-7(13)2-3-8(9)16-11-5-10(12)14-6-15-11/h2-6H,1H3,(H,14,15,16). The molecule has 0 atom stereocenters. The Bertz CT molecular complexity index is 536. The van der Waals surface area contributed by atoms with Crippen LogP contribution >= 0.6 is 15.9 Å². The molecule has 0 amide bonds. The van der Waals surface area contributed by atoms with Crippen LogP contribution in [0, 0.1) is 5.82 Å². The lowest BCUT2D eigenvalue weighted by molar-refractivity contribution is 0.413. The first-order valence-corrected chi connectivity index (χ1v) is 5.56. The van der Waals surface area contributed by atoms with Crippen LogP contribution in [0.25, 0.3) is 0 Å². The Morgan fingerprint density at radius 2 is 2.12 bits per heavy atom. The van der Waals surface area contributed by atoms with Crippen LogP contribution in [0.1, 0.15) is 0 Å². The van der Waals surface area contributed by atoms with E-state index in [-0.39, 0.29) is 5.82 Å². The van der Waals surface area contributed by atoms with E-state index in [1.165, 1.54) is 25.6 Å². The first-order valence-electron chi connectivity index (χ1n) is 4.77. The second-order valence-corrected chi connectivity index (χ2v) is 4.01. The smallest absolute Gasteiger partial charge is 0.145 e. The van der Waals surface area contributed by atoms with Crippen LogP contribution in [0.4, 0.5) is 15.9 Å². The van der Waals surface area contributed by atoms with E-state index in [1.54, 1.807) is 12.1 Å². The molecule has 4 nitrogen and oxygen atoms in total. The van der Waals surface area contributed by atoms with Crippen LogP contribution in [-0.2, 0) is 0 Å². The Morgan fingerprint density at radius 3 is 2.82 bits per heavy atom. The molecule has 0 unspecified atom stereocenters. The second-order valence-electron chi connectivity index (χ2n) is 3.20. The zero-order valence-corrected chi connectivity index (χ0v) is 10.5. The fourth-order valence-corrected chi connectivity index (χ4v) is 1.62. The van der Waals surface area contributed by atoms with E-state index in [0.717, 1.165) is 0 Å². The van der Waals surface area contributed by atoms with E-state index in [1.807, 2.05) is 0 Å². The molecule has 88 valence electrons. The highest BCUT2D eigenvalue weighted by atomic mass is 79.9. The van der Waals surface area contributed by atoms with Crippen molar-refractivity contribution in [2.45, 2.75) is 0 Å². The molecule has 17 heavy (non-hydrogen) atoms. The van der Waals surface area contributed by atoms with E-state index in [4.69, 9.17) is 4.74 Å². The Kier molecular flexibility index (Phi) is 3.53. The van der Waals surface area contributed by atoms with E-state index in [2.05, 4.69) is 31.2 Å². The molecule has 0 spiro atoms. The lowest BCUT2D eigenvalue weighted by atomic mass is 10.3. The number of anilines is 2. The molecule has 1 aromatic heterocycles. The molecule has 1 N–H and O–H groups in total. The van der Waals surface area contributed by atoms with Crippen LogP contribution < -0.4 is 10.1 Å². The molecule has 2 rings (SSSR count). The van der Waals surface area contributed by atoms with Crippen LogP contribution in [0.5, 0.6) is 5.75 Å². The molecule has 1 aromatic carbocycles. The first-order chi connectivity index (χ1) is 8.19. The maximum absolute atomic E-state index is 13.0. The number of nitrogens with one attached hydrogen (secondary N) is 1. The summed E-state index contributed by atoms with van der Waals surface area (Å²) in [6, 6.07) is 5.95. The van der Waals surface area contributed by atoms with Gasteiger partial charge >= 0.3 is 0 Å². The maximum atomic E-state index is 13.0. The van der Waals surface area contributed by atoms with Gasteiger partial charge in [0.25, 0.3) is 0 Å². The highest BCUT2D eigenvalue weighted by Gasteiger charge is 2.05. The summed E-state index contributed by atoms with van der Waals surface area (Å²) in [6.45, 7) is 0. The van der Waals surface area contributed by atoms with Gasteiger partial charge in [0.1, 0.15) is 28.3 Å². The van der Waals surface area contributed by atoms with Gasteiger partial charge < -0.3 is 10.1 Å². The number of hydrogen-bond acceptors (Lipinski definition) is 4. The molecule has 0 aliphatic rings. The van der Waals surface area contributed by atoms with Gasteiger partial charge in [-0.1, -0.05) is 0 Å². The number of rotatable bonds is 3. The summed E-state index contributed by atoms with van der Waals surface area (Å²) in [4.78, 5) is 7.94. The molecule has 0 aliphatic carbocycles. The largest absolute Gasteiger partial charge is 0.494 e. The number of hydrogen-bond donors (Lipinski definition) is 1. The van der Waals surface area contributed by atoms with Crippen LogP contribution in [0.15, 0.2) is 35.2 Å². The van der Waals surface area contributed by atoms with Crippen molar-refractivity contribution < 1.29 is 9.13 Å². The van der Waals surface area contributed by atoms with Crippen LogP contribution in [0.3, 0.4) is 0 Å². The lowest BCUT2D eigenvalue weighted by Gasteiger charge is -2.10. The third-order valence-corrected chi connectivity index (χ3v) is 2.49. The molecule has 0 saturated carbocycles. The van der Waals surface area contributed by atoms with Crippen molar-refractivity contribution in [1.29, 1.82) is 0 Å². The van der Waals surface area contributed by atoms with Crippen molar-refractivity contribution in [2.75, 3.05) is 12.4 Å². The first kappa shape index (κ1) is 11.8. The van der Waals surface area contributed by atoms with Gasteiger partial charge in [0.05, 0.1) is 12.8 Å². The van der Waals surface area contributed by atoms with Crippen molar-refractivity contribution >= 4 is 27.4 Å². The minimum Gasteiger partial charge on any atom is -0.494 e. The van der Waals surface area contributed by atoms with Crippen molar-refractivity contribution in [3.63, 3.8) is 0 Å². The summed E-state index contributed by atoms with van der Waals surface area (Å²) in [5.74, 6) is 0.660. The highest BCUT2D eigenvalue weighted by molar-refractivity contribution is 9.10. The predicted octanol–water partition coefficient (Wildman–Crippen LogP) is 3.13. The normalized spacial score (nSPS) is 10.1. The number of halogens is 2. The van der Waals surface area contributed by atoms with E-state index in [9.17, 15) is 4.39 Å². The highest BCUT2D eigenvalue weighted by Crippen LogP contribution is 2.27. The van der Waals surface area contributed by atoms with Crippen molar-refractivity contribution in [3.8, 4) is 5.75 Å². The summed E-state index contributed by atoms with van der Waals surface area (Å²) in [5, 5.41) is 3.02. The van der Waals surface area contributed by atoms with Gasteiger partial charge in [0.15, 0.2) is 0 Å².